The minimum absolute atomic E-state index is 0.0380. The van der Waals surface area contributed by atoms with Crippen LogP contribution in [0.4, 0.5) is 4.39 Å². The maximum Gasteiger partial charge on any atom is 0.223 e. The number of rotatable bonds is 11. The summed E-state index contributed by atoms with van der Waals surface area (Å²) in [5.74, 6) is 0.0509. The Balaban J connectivity index is 1.38. The average Bonchev–Trinajstić information content (AvgIpc) is 3.44. The number of likely N-dealkylation sites (N-methyl/N-ethyl adjacent to an activating group) is 1. The highest BCUT2D eigenvalue weighted by Crippen LogP contribution is 2.38. The lowest BCUT2D eigenvalue weighted by atomic mass is 9.74. The number of amides is 2. The van der Waals surface area contributed by atoms with E-state index in [1.165, 1.54) is 17.2 Å². The molecule has 0 aliphatic heterocycles. The molecule has 1 aliphatic rings. The van der Waals surface area contributed by atoms with Crippen LogP contribution in [0.3, 0.4) is 0 Å². The SMILES string of the molecule is Cc1cccc(CC2(N(C)C)CCC(N(Cc3ccco3)C(=O)CCC(=O)NCc3ccccc3F)CC2)c1. The van der Waals surface area contributed by atoms with E-state index in [1.807, 2.05) is 17.0 Å². The summed E-state index contributed by atoms with van der Waals surface area (Å²) in [6.07, 6.45) is 6.47. The van der Waals surface area contributed by atoms with Crippen LogP contribution in [0.15, 0.2) is 71.3 Å². The third-order valence-corrected chi connectivity index (χ3v) is 8.12. The fourth-order valence-electron chi connectivity index (χ4n) is 5.72. The van der Waals surface area contributed by atoms with Gasteiger partial charge in [0.05, 0.1) is 12.8 Å². The van der Waals surface area contributed by atoms with Crippen molar-refractivity contribution in [2.75, 3.05) is 14.1 Å². The van der Waals surface area contributed by atoms with Gasteiger partial charge in [-0.3, -0.25) is 9.59 Å². The summed E-state index contributed by atoms with van der Waals surface area (Å²) in [5.41, 5.74) is 3.07. The molecule has 208 valence electrons. The second kappa shape index (κ2) is 13.1. The second-order valence-electron chi connectivity index (χ2n) is 11.0. The summed E-state index contributed by atoms with van der Waals surface area (Å²) >= 11 is 0. The van der Waals surface area contributed by atoms with Gasteiger partial charge < -0.3 is 19.5 Å². The fraction of sp³-hybridized carbons (Fsp3) is 0.438. The van der Waals surface area contributed by atoms with Gasteiger partial charge in [0.2, 0.25) is 11.8 Å². The van der Waals surface area contributed by atoms with E-state index in [0.29, 0.717) is 12.1 Å². The smallest absolute Gasteiger partial charge is 0.223 e. The molecular formula is C32H40FN3O3. The first-order valence-corrected chi connectivity index (χ1v) is 13.8. The highest BCUT2D eigenvalue weighted by atomic mass is 19.1. The molecule has 0 atom stereocenters. The minimum Gasteiger partial charge on any atom is -0.467 e. The van der Waals surface area contributed by atoms with Crippen molar-refractivity contribution >= 4 is 11.8 Å². The van der Waals surface area contributed by atoms with Gasteiger partial charge in [0.1, 0.15) is 11.6 Å². The third-order valence-electron chi connectivity index (χ3n) is 8.12. The van der Waals surface area contributed by atoms with Gasteiger partial charge in [-0.25, -0.2) is 4.39 Å². The highest BCUT2D eigenvalue weighted by Gasteiger charge is 2.40. The largest absolute Gasteiger partial charge is 0.467 e. The zero-order valence-electron chi connectivity index (χ0n) is 23.3. The Labute approximate surface area is 231 Å². The Bertz CT molecular complexity index is 1230. The number of carbonyl (C=O) groups excluding carboxylic acids is 2. The van der Waals surface area contributed by atoms with E-state index < -0.39 is 0 Å². The molecule has 1 aromatic heterocycles. The summed E-state index contributed by atoms with van der Waals surface area (Å²) in [4.78, 5) is 30.2. The van der Waals surface area contributed by atoms with E-state index in [2.05, 4.69) is 55.5 Å². The van der Waals surface area contributed by atoms with Crippen LogP contribution >= 0.6 is 0 Å². The van der Waals surface area contributed by atoms with Crippen LogP contribution in [0.2, 0.25) is 0 Å². The molecule has 2 aromatic carbocycles. The summed E-state index contributed by atoms with van der Waals surface area (Å²) in [6, 6.07) is 18.9. The Morgan fingerprint density at radius 2 is 1.79 bits per heavy atom. The first kappa shape index (κ1) is 28.6. The summed E-state index contributed by atoms with van der Waals surface area (Å²) in [7, 11) is 4.31. The second-order valence-corrected chi connectivity index (χ2v) is 11.0. The zero-order valence-corrected chi connectivity index (χ0v) is 23.3. The van der Waals surface area contributed by atoms with Crippen molar-refractivity contribution in [1.82, 2.24) is 15.1 Å². The van der Waals surface area contributed by atoms with Crippen molar-refractivity contribution in [3.63, 3.8) is 0 Å². The number of furan rings is 1. The number of benzene rings is 2. The molecular weight excluding hydrogens is 493 g/mol. The molecule has 1 saturated carbocycles. The number of nitrogens with one attached hydrogen (secondary N) is 1. The van der Waals surface area contributed by atoms with E-state index in [1.54, 1.807) is 24.5 Å². The molecule has 0 bridgehead atoms. The van der Waals surface area contributed by atoms with Gasteiger partial charge in [0.25, 0.3) is 0 Å². The molecule has 39 heavy (non-hydrogen) atoms. The van der Waals surface area contributed by atoms with E-state index in [4.69, 9.17) is 4.42 Å². The lowest BCUT2D eigenvalue weighted by molar-refractivity contribution is -0.137. The molecule has 4 rings (SSSR count). The minimum atomic E-state index is -0.355. The molecule has 0 unspecified atom stereocenters. The number of nitrogens with zero attached hydrogens (tertiary/aromatic N) is 2. The quantitative estimate of drug-likeness (QED) is 0.347. The van der Waals surface area contributed by atoms with E-state index in [9.17, 15) is 14.0 Å². The molecule has 2 amide bonds. The number of hydrogen-bond acceptors (Lipinski definition) is 4. The molecule has 0 radical (unpaired) electrons. The summed E-state index contributed by atoms with van der Waals surface area (Å²) in [5, 5.41) is 2.74. The van der Waals surface area contributed by atoms with Crippen LogP contribution in [-0.4, -0.2) is 47.3 Å². The molecule has 7 heteroatoms. The van der Waals surface area contributed by atoms with Crippen molar-refractivity contribution in [3.8, 4) is 0 Å². The molecule has 1 aliphatic carbocycles. The molecule has 6 nitrogen and oxygen atoms in total. The van der Waals surface area contributed by atoms with E-state index >= 15 is 0 Å². The Kier molecular flexibility index (Phi) is 9.57. The van der Waals surface area contributed by atoms with Crippen molar-refractivity contribution < 1.29 is 18.4 Å². The normalized spacial score (nSPS) is 19.2. The standard InChI is InChI=1S/C32H40FN3O3/c1-24-8-6-9-25(20-24)21-32(35(2)3)17-15-27(16-18-32)36(23-28-11-7-19-39-28)31(38)14-13-30(37)34-22-26-10-4-5-12-29(26)33/h4-12,19-20,27H,13-18,21-23H2,1-3H3,(H,34,37). The third kappa shape index (κ3) is 7.57. The number of halogens is 1. The van der Waals surface area contributed by atoms with Crippen LogP contribution in [0, 0.1) is 12.7 Å². The number of hydrogen-bond donors (Lipinski definition) is 1. The maximum atomic E-state index is 13.9. The van der Waals surface area contributed by atoms with Crippen LogP contribution in [-0.2, 0) is 29.1 Å². The molecule has 1 N–H and O–H groups in total. The van der Waals surface area contributed by atoms with Crippen molar-refractivity contribution in [3.05, 3.63) is 95.2 Å². The molecule has 0 saturated heterocycles. The average molecular weight is 534 g/mol. The summed E-state index contributed by atoms with van der Waals surface area (Å²) < 4.78 is 19.4. The Morgan fingerprint density at radius 3 is 2.46 bits per heavy atom. The Morgan fingerprint density at radius 1 is 1.03 bits per heavy atom. The van der Waals surface area contributed by atoms with Gasteiger partial charge in [-0.15, -0.1) is 0 Å². The van der Waals surface area contributed by atoms with Gasteiger partial charge in [-0.05, 0) is 76.9 Å². The van der Waals surface area contributed by atoms with Gasteiger partial charge in [0.15, 0.2) is 0 Å². The molecule has 1 heterocycles. The van der Waals surface area contributed by atoms with Crippen molar-refractivity contribution in [2.45, 2.75) is 76.5 Å². The predicted octanol–water partition coefficient (Wildman–Crippen LogP) is 5.64. The molecule has 1 fully saturated rings. The first-order valence-electron chi connectivity index (χ1n) is 13.8. The van der Waals surface area contributed by atoms with Gasteiger partial charge in [0, 0.05) is 36.5 Å². The van der Waals surface area contributed by atoms with E-state index in [-0.39, 0.29) is 48.6 Å². The van der Waals surface area contributed by atoms with Crippen LogP contribution in [0.5, 0.6) is 0 Å². The first-order chi connectivity index (χ1) is 18.8. The van der Waals surface area contributed by atoms with Crippen molar-refractivity contribution in [2.24, 2.45) is 0 Å². The highest BCUT2D eigenvalue weighted by molar-refractivity contribution is 5.84. The Hall–Kier alpha value is -3.45. The van der Waals surface area contributed by atoms with E-state index in [0.717, 1.165) is 37.9 Å². The van der Waals surface area contributed by atoms with Gasteiger partial charge >= 0.3 is 0 Å². The number of aryl methyl sites for hydroxylation is 1. The van der Waals surface area contributed by atoms with Crippen molar-refractivity contribution in [1.29, 1.82) is 0 Å². The zero-order chi connectivity index (χ0) is 27.8. The number of carbonyl (C=O) groups is 2. The van der Waals surface area contributed by atoms with Gasteiger partial charge in [-0.1, -0.05) is 48.0 Å². The predicted molar refractivity (Wildman–Crippen MR) is 150 cm³/mol. The molecule has 3 aromatic rings. The lowest BCUT2D eigenvalue weighted by Crippen LogP contribution is -2.52. The topological polar surface area (TPSA) is 65.8 Å². The van der Waals surface area contributed by atoms with Gasteiger partial charge in [-0.2, -0.15) is 0 Å². The van der Waals surface area contributed by atoms with Crippen LogP contribution in [0.1, 0.15) is 61.0 Å². The fourth-order valence-corrected chi connectivity index (χ4v) is 5.72. The van der Waals surface area contributed by atoms with Crippen LogP contribution in [0.25, 0.3) is 0 Å². The lowest BCUT2D eigenvalue weighted by Gasteiger charge is -2.47. The monoisotopic (exact) mass is 533 g/mol. The molecule has 0 spiro atoms. The maximum absolute atomic E-state index is 13.9. The van der Waals surface area contributed by atoms with Crippen LogP contribution < -0.4 is 5.32 Å². The summed E-state index contributed by atoms with van der Waals surface area (Å²) in [6.45, 7) is 2.62.